The van der Waals surface area contributed by atoms with E-state index < -0.39 is 0 Å². The number of hydrogen-bond acceptors (Lipinski definition) is 4. The second-order valence-corrected chi connectivity index (χ2v) is 7.41. The van der Waals surface area contributed by atoms with Crippen molar-refractivity contribution in [2.24, 2.45) is 0 Å². The number of anilines is 1. The molecule has 4 rings (SSSR count). The standard InChI is InChI=1S/C20H20BrN5.2C2H6/c1-3-13-8-9-26-16(10-13)24-17(14-6-4-12(2)5-7-14)19(26)18-15(21)11-23-20(22)25-18;2*1-2/h4,6,8-11H,3,5,7H2,1-2H3,(H2,22,23,25);2*1-2H3. The molecule has 1 aliphatic carbocycles. The minimum Gasteiger partial charge on any atom is -0.368 e. The molecule has 2 N–H and O–H groups in total. The van der Waals surface area contributed by atoms with E-state index in [0.29, 0.717) is 0 Å². The number of rotatable bonds is 3. The summed E-state index contributed by atoms with van der Waals surface area (Å²) in [5, 5.41) is 0. The number of fused-ring (bicyclic) bond motifs is 1. The van der Waals surface area contributed by atoms with Crippen molar-refractivity contribution in [2.75, 3.05) is 5.73 Å². The summed E-state index contributed by atoms with van der Waals surface area (Å²) < 4.78 is 2.89. The molecule has 0 radical (unpaired) electrons. The molecule has 160 valence electrons. The van der Waals surface area contributed by atoms with Crippen LogP contribution in [0.15, 0.2) is 46.7 Å². The van der Waals surface area contributed by atoms with Crippen LogP contribution in [0.25, 0.3) is 22.6 Å². The topological polar surface area (TPSA) is 69.1 Å². The van der Waals surface area contributed by atoms with Crippen molar-refractivity contribution in [2.45, 2.75) is 60.8 Å². The Morgan fingerprint density at radius 2 is 1.80 bits per heavy atom. The molecule has 1 aliphatic rings. The molecule has 3 heterocycles. The fraction of sp³-hybridized carbons (Fsp3) is 0.375. The first kappa shape index (κ1) is 23.8. The Hall–Kier alpha value is -2.47. The lowest BCUT2D eigenvalue weighted by atomic mass is 9.96. The van der Waals surface area contributed by atoms with Gasteiger partial charge in [0.25, 0.3) is 0 Å². The Balaban J connectivity index is 0.000000757. The third-order valence-corrected chi connectivity index (χ3v) is 5.33. The molecule has 0 spiro atoms. The van der Waals surface area contributed by atoms with Crippen molar-refractivity contribution in [1.29, 1.82) is 0 Å². The highest BCUT2D eigenvalue weighted by molar-refractivity contribution is 9.10. The van der Waals surface area contributed by atoms with Crippen LogP contribution >= 0.6 is 15.9 Å². The van der Waals surface area contributed by atoms with Crippen molar-refractivity contribution in [3.8, 4) is 11.4 Å². The predicted molar refractivity (Wildman–Crippen MR) is 131 cm³/mol. The molecule has 30 heavy (non-hydrogen) atoms. The molecular weight excluding hydrogens is 438 g/mol. The largest absolute Gasteiger partial charge is 0.368 e. The molecule has 0 bridgehead atoms. The van der Waals surface area contributed by atoms with Gasteiger partial charge in [-0.1, -0.05) is 52.3 Å². The summed E-state index contributed by atoms with van der Waals surface area (Å²) in [7, 11) is 0. The van der Waals surface area contributed by atoms with Gasteiger partial charge in [-0.2, -0.15) is 0 Å². The van der Waals surface area contributed by atoms with Crippen molar-refractivity contribution < 1.29 is 0 Å². The van der Waals surface area contributed by atoms with Gasteiger partial charge < -0.3 is 5.73 Å². The van der Waals surface area contributed by atoms with Crippen molar-refractivity contribution in [3.63, 3.8) is 0 Å². The summed E-state index contributed by atoms with van der Waals surface area (Å²) >= 11 is 3.58. The molecule has 5 nitrogen and oxygen atoms in total. The smallest absolute Gasteiger partial charge is 0.220 e. The maximum Gasteiger partial charge on any atom is 0.220 e. The first-order chi connectivity index (χ1) is 14.6. The van der Waals surface area contributed by atoms with E-state index in [0.717, 1.165) is 46.5 Å². The van der Waals surface area contributed by atoms with Gasteiger partial charge in [0.05, 0.1) is 10.2 Å². The number of nitrogens with two attached hydrogens (primary N) is 1. The summed E-state index contributed by atoms with van der Waals surface area (Å²) in [6.45, 7) is 12.3. The van der Waals surface area contributed by atoms with Gasteiger partial charge in [-0.05, 0) is 65.4 Å². The van der Waals surface area contributed by atoms with Crippen LogP contribution in [0.1, 0.15) is 65.6 Å². The lowest BCUT2D eigenvalue weighted by Crippen LogP contribution is -2.01. The third kappa shape index (κ3) is 4.98. The number of imidazole rings is 1. The number of aryl methyl sites for hydroxylation is 1. The van der Waals surface area contributed by atoms with Crippen molar-refractivity contribution in [1.82, 2.24) is 19.4 Å². The van der Waals surface area contributed by atoms with Crippen LogP contribution in [-0.2, 0) is 6.42 Å². The summed E-state index contributed by atoms with van der Waals surface area (Å²) in [5.74, 6) is 0.252. The monoisotopic (exact) mass is 469 g/mol. The van der Waals surface area contributed by atoms with E-state index in [1.807, 2.05) is 27.7 Å². The van der Waals surface area contributed by atoms with Gasteiger partial charge in [0.15, 0.2) is 0 Å². The average Bonchev–Trinajstić information content (AvgIpc) is 3.17. The molecule has 0 unspecified atom stereocenters. The van der Waals surface area contributed by atoms with Gasteiger partial charge in [-0.25, -0.2) is 15.0 Å². The fourth-order valence-corrected chi connectivity index (χ4v) is 3.62. The molecule has 0 atom stereocenters. The average molecular weight is 470 g/mol. The van der Waals surface area contributed by atoms with Crippen LogP contribution in [0.4, 0.5) is 5.95 Å². The molecule has 0 aromatic carbocycles. The summed E-state index contributed by atoms with van der Waals surface area (Å²) in [6, 6.07) is 4.26. The SMILES string of the molecule is CC.CC.CCc1ccn2c(-c3nc(N)ncc3Br)c(C3=CC=C(C)CC3)nc2c1. The predicted octanol–water partition coefficient (Wildman–Crippen LogP) is 6.87. The summed E-state index contributed by atoms with van der Waals surface area (Å²) in [6.07, 6.45) is 11.1. The van der Waals surface area contributed by atoms with E-state index in [2.05, 4.69) is 74.6 Å². The van der Waals surface area contributed by atoms with E-state index in [1.54, 1.807) is 6.20 Å². The third-order valence-electron chi connectivity index (χ3n) is 4.75. The molecular formula is C24H32BrN5. The van der Waals surface area contributed by atoms with E-state index in [1.165, 1.54) is 16.7 Å². The maximum atomic E-state index is 5.87. The molecule has 3 aromatic rings. The van der Waals surface area contributed by atoms with Crippen LogP contribution in [-0.4, -0.2) is 19.4 Å². The van der Waals surface area contributed by atoms with E-state index in [4.69, 9.17) is 10.7 Å². The second kappa shape index (κ2) is 11.1. The summed E-state index contributed by atoms with van der Waals surface area (Å²) in [5.41, 5.74) is 13.3. The zero-order valence-electron chi connectivity index (χ0n) is 18.8. The molecule has 0 saturated heterocycles. The number of pyridine rings is 1. The van der Waals surface area contributed by atoms with Gasteiger partial charge >= 0.3 is 0 Å². The number of nitrogen functional groups attached to an aromatic ring is 1. The van der Waals surface area contributed by atoms with E-state index in [-0.39, 0.29) is 5.95 Å². The van der Waals surface area contributed by atoms with Crippen molar-refractivity contribution in [3.05, 3.63) is 58.0 Å². The van der Waals surface area contributed by atoms with Gasteiger partial charge in [-0.3, -0.25) is 4.40 Å². The fourth-order valence-electron chi connectivity index (χ4n) is 3.24. The van der Waals surface area contributed by atoms with Crippen LogP contribution in [0.5, 0.6) is 0 Å². The molecule has 0 fully saturated rings. The minimum absolute atomic E-state index is 0.252. The first-order valence-electron chi connectivity index (χ1n) is 10.7. The van der Waals surface area contributed by atoms with E-state index >= 15 is 0 Å². The highest BCUT2D eigenvalue weighted by Crippen LogP contribution is 2.36. The van der Waals surface area contributed by atoms with Crippen LogP contribution in [0.3, 0.4) is 0 Å². The second-order valence-electron chi connectivity index (χ2n) is 6.56. The quantitative estimate of drug-likeness (QED) is 0.453. The normalized spacial score (nSPS) is 12.9. The van der Waals surface area contributed by atoms with Gasteiger partial charge in [-0.15, -0.1) is 0 Å². The Bertz CT molecular complexity index is 1060. The van der Waals surface area contributed by atoms with Crippen molar-refractivity contribution >= 4 is 33.1 Å². The number of hydrogen-bond donors (Lipinski definition) is 1. The van der Waals surface area contributed by atoms with E-state index in [9.17, 15) is 0 Å². The van der Waals surface area contributed by atoms with Gasteiger partial charge in [0, 0.05) is 12.4 Å². The summed E-state index contributed by atoms with van der Waals surface area (Å²) in [4.78, 5) is 13.5. The highest BCUT2D eigenvalue weighted by Gasteiger charge is 2.22. The lowest BCUT2D eigenvalue weighted by molar-refractivity contribution is 0.971. The Kier molecular flexibility index (Phi) is 8.78. The molecule has 0 saturated carbocycles. The number of halogens is 1. The molecule has 6 heteroatoms. The van der Waals surface area contributed by atoms with Gasteiger partial charge in [0.1, 0.15) is 17.0 Å². The van der Waals surface area contributed by atoms with Crippen LogP contribution in [0.2, 0.25) is 0 Å². The number of allylic oxidation sites excluding steroid dienone is 4. The van der Waals surface area contributed by atoms with Crippen LogP contribution < -0.4 is 5.73 Å². The molecule has 3 aromatic heterocycles. The first-order valence-corrected chi connectivity index (χ1v) is 11.5. The molecule has 0 aliphatic heterocycles. The molecule has 0 amide bonds. The highest BCUT2D eigenvalue weighted by atomic mass is 79.9. The lowest BCUT2D eigenvalue weighted by Gasteiger charge is -2.13. The minimum atomic E-state index is 0.252. The Labute approximate surface area is 188 Å². The zero-order chi connectivity index (χ0) is 22.3. The zero-order valence-corrected chi connectivity index (χ0v) is 20.4. The number of nitrogens with zero attached hydrogens (tertiary/aromatic N) is 4. The Morgan fingerprint density at radius 1 is 1.07 bits per heavy atom. The number of aromatic nitrogens is 4. The van der Waals surface area contributed by atoms with Gasteiger partial charge in [0.2, 0.25) is 5.95 Å². The maximum absolute atomic E-state index is 5.87. The van der Waals surface area contributed by atoms with Crippen LogP contribution in [0, 0.1) is 0 Å². The Morgan fingerprint density at radius 3 is 2.43 bits per heavy atom.